The van der Waals surface area contributed by atoms with E-state index in [1.165, 1.54) is 0 Å². The largest absolute Gasteiger partial charge is 0.390 e. The third-order valence-corrected chi connectivity index (χ3v) is 4.03. The van der Waals surface area contributed by atoms with Crippen molar-refractivity contribution in [3.8, 4) is 0 Å². The van der Waals surface area contributed by atoms with Crippen LogP contribution >= 0.6 is 0 Å². The summed E-state index contributed by atoms with van der Waals surface area (Å²) >= 11 is 0. The molecule has 0 aromatic carbocycles. The Kier molecular flexibility index (Phi) is 9.31. The van der Waals surface area contributed by atoms with Gasteiger partial charge in [0.05, 0.1) is 6.42 Å². The van der Waals surface area contributed by atoms with Gasteiger partial charge in [0.25, 0.3) is 0 Å². The molecule has 0 aromatic rings. The molecule has 8 heteroatoms. The van der Waals surface area contributed by atoms with Crippen molar-refractivity contribution in [2.75, 3.05) is 59.4 Å². The molecule has 1 aliphatic rings. The van der Waals surface area contributed by atoms with Crippen LogP contribution in [0, 0.1) is 0 Å². The van der Waals surface area contributed by atoms with E-state index in [4.69, 9.17) is 0 Å². The molecule has 0 radical (unpaired) electrons. The minimum Gasteiger partial charge on any atom is -0.356 e. The SMILES string of the molecule is CCN1CCN(CCCCNC(=NC)NCCC(F)(F)F)CC1. The molecule has 1 saturated heterocycles. The zero-order valence-electron chi connectivity index (χ0n) is 14.3. The average molecular weight is 337 g/mol. The number of halogens is 3. The highest BCUT2D eigenvalue weighted by atomic mass is 19.4. The lowest BCUT2D eigenvalue weighted by Crippen LogP contribution is -2.46. The van der Waals surface area contributed by atoms with E-state index >= 15 is 0 Å². The third-order valence-electron chi connectivity index (χ3n) is 4.03. The fraction of sp³-hybridized carbons (Fsp3) is 0.933. The van der Waals surface area contributed by atoms with Gasteiger partial charge in [-0.25, -0.2) is 0 Å². The number of hydrogen-bond donors (Lipinski definition) is 2. The molecule has 136 valence electrons. The van der Waals surface area contributed by atoms with Crippen LogP contribution in [0.3, 0.4) is 0 Å². The molecular formula is C15H30F3N5. The van der Waals surface area contributed by atoms with Gasteiger partial charge in [-0.1, -0.05) is 6.92 Å². The molecule has 1 rings (SSSR count). The Bertz CT molecular complexity index is 338. The van der Waals surface area contributed by atoms with E-state index in [0.29, 0.717) is 5.96 Å². The molecule has 1 aliphatic heterocycles. The molecule has 0 amide bonds. The highest BCUT2D eigenvalue weighted by Crippen LogP contribution is 2.17. The first-order chi connectivity index (χ1) is 10.9. The van der Waals surface area contributed by atoms with Gasteiger partial charge in [0, 0.05) is 46.3 Å². The van der Waals surface area contributed by atoms with Gasteiger partial charge in [0.15, 0.2) is 5.96 Å². The second kappa shape index (κ2) is 10.7. The highest BCUT2D eigenvalue weighted by Gasteiger charge is 2.26. The topological polar surface area (TPSA) is 42.9 Å². The van der Waals surface area contributed by atoms with Crippen LogP contribution in [0.25, 0.3) is 0 Å². The Morgan fingerprint density at radius 3 is 2.17 bits per heavy atom. The van der Waals surface area contributed by atoms with Crippen LogP contribution in [0.4, 0.5) is 13.2 Å². The third kappa shape index (κ3) is 9.65. The maximum atomic E-state index is 12.1. The number of piperazine rings is 1. The summed E-state index contributed by atoms with van der Waals surface area (Å²) < 4.78 is 36.2. The van der Waals surface area contributed by atoms with E-state index in [-0.39, 0.29) is 6.54 Å². The number of rotatable bonds is 8. The highest BCUT2D eigenvalue weighted by molar-refractivity contribution is 5.79. The Balaban J connectivity index is 2.03. The van der Waals surface area contributed by atoms with E-state index in [1.54, 1.807) is 7.05 Å². The maximum Gasteiger partial charge on any atom is 0.390 e. The average Bonchev–Trinajstić information content (AvgIpc) is 2.52. The van der Waals surface area contributed by atoms with Crippen LogP contribution in [-0.4, -0.2) is 81.3 Å². The Morgan fingerprint density at radius 2 is 1.61 bits per heavy atom. The van der Waals surface area contributed by atoms with Gasteiger partial charge in [-0.2, -0.15) is 13.2 Å². The van der Waals surface area contributed by atoms with Crippen molar-refractivity contribution < 1.29 is 13.2 Å². The molecule has 0 aromatic heterocycles. The normalized spacial score (nSPS) is 18.2. The molecule has 0 bridgehead atoms. The molecule has 0 spiro atoms. The van der Waals surface area contributed by atoms with Gasteiger partial charge in [0.1, 0.15) is 0 Å². The van der Waals surface area contributed by atoms with E-state index in [0.717, 1.165) is 58.7 Å². The molecule has 0 saturated carbocycles. The molecule has 1 fully saturated rings. The number of unbranched alkanes of at least 4 members (excludes halogenated alkanes) is 1. The van der Waals surface area contributed by atoms with Crippen LogP contribution < -0.4 is 10.6 Å². The van der Waals surface area contributed by atoms with E-state index in [2.05, 4.69) is 32.3 Å². The predicted octanol–water partition coefficient (Wildman–Crippen LogP) is 1.52. The van der Waals surface area contributed by atoms with Crippen LogP contribution in [0.2, 0.25) is 0 Å². The molecule has 2 N–H and O–H groups in total. The standard InChI is InChI=1S/C15H30F3N5/c1-3-22-10-12-23(13-11-22)9-5-4-7-20-14(19-2)21-8-6-15(16,17)18/h3-13H2,1-2H3,(H2,19,20,21). The molecule has 1 heterocycles. The van der Waals surface area contributed by atoms with Crippen molar-refractivity contribution in [3.05, 3.63) is 0 Å². The number of hydrogen-bond acceptors (Lipinski definition) is 3. The van der Waals surface area contributed by atoms with Crippen molar-refractivity contribution in [2.24, 2.45) is 4.99 Å². The first-order valence-corrected chi connectivity index (χ1v) is 8.40. The number of aliphatic imine (C=N–C) groups is 1. The number of likely N-dealkylation sites (N-methyl/N-ethyl adjacent to an activating group) is 1. The fourth-order valence-electron chi connectivity index (χ4n) is 2.54. The molecule has 0 aliphatic carbocycles. The van der Waals surface area contributed by atoms with Crippen molar-refractivity contribution in [1.29, 1.82) is 0 Å². The smallest absolute Gasteiger partial charge is 0.356 e. The summed E-state index contributed by atoms with van der Waals surface area (Å²) in [5, 5.41) is 5.73. The summed E-state index contributed by atoms with van der Waals surface area (Å²) in [6.07, 6.45) is -2.92. The fourth-order valence-corrected chi connectivity index (χ4v) is 2.54. The number of nitrogens with one attached hydrogen (secondary N) is 2. The Hall–Kier alpha value is -1.02. The molecule has 0 atom stereocenters. The Labute approximate surface area is 137 Å². The summed E-state index contributed by atoms with van der Waals surface area (Å²) in [5.74, 6) is 0.436. The van der Waals surface area contributed by atoms with Gasteiger partial charge >= 0.3 is 6.18 Å². The number of alkyl halides is 3. The van der Waals surface area contributed by atoms with Crippen LogP contribution in [0.5, 0.6) is 0 Å². The van der Waals surface area contributed by atoms with Crippen LogP contribution in [-0.2, 0) is 0 Å². The van der Waals surface area contributed by atoms with E-state index in [9.17, 15) is 13.2 Å². The zero-order chi connectivity index (χ0) is 17.1. The second-order valence-electron chi connectivity index (χ2n) is 5.77. The summed E-state index contributed by atoms with van der Waals surface area (Å²) in [4.78, 5) is 8.85. The van der Waals surface area contributed by atoms with Crippen molar-refractivity contribution in [3.63, 3.8) is 0 Å². The first-order valence-electron chi connectivity index (χ1n) is 8.40. The zero-order valence-corrected chi connectivity index (χ0v) is 14.3. The van der Waals surface area contributed by atoms with Gasteiger partial charge in [-0.3, -0.25) is 4.99 Å². The van der Waals surface area contributed by atoms with E-state index in [1.807, 2.05) is 0 Å². The summed E-state index contributed by atoms with van der Waals surface area (Å²) in [6.45, 7) is 9.51. The predicted molar refractivity (Wildman–Crippen MR) is 87.8 cm³/mol. The minimum absolute atomic E-state index is 0.148. The van der Waals surface area contributed by atoms with Gasteiger partial charge in [0.2, 0.25) is 0 Å². The van der Waals surface area contributed by atoms with Crippen LogP contribution in [0.1, 0.15) is 26.2 Å². The van der Waals surface area contributed by atoms with Crippen molar-refractivity contribution in [1.82, 2.24) is 20.4 Å². The van der Waals surface area contributed by atoms with E-state index < -0.39 is 12.6 Å². The summed E-state index contributed by atoms with van der Waals surface area (Å²) in [5.41, 5.74) is 0. The van der Waals surface area contributed by atoms with Gasteiger partial charge < -0.3 is 20.4 Å². The number of guanidine groups is 1. The first kappa shape index (κ1) is 20.0. The van der Waals surface area contributed by atoms with Crippen LogP contribution in [0.15, 0.2) is 4.99 Å². The molecule has 23 heavy (non-hydrogen) atoms. The second-order valence-corrected chi connectivity index (χ2v) is 5.77. The lowest BCUT2D eigenvalue weighted by Gasteiger charge is -2.34. The summed E-state index contributed by atoms with van der Waals surface area (Å²) in [6, 6.07) is 0. The monoisotopic (exact) mass is 337 g/mol. The maximum absolute atomic E-state index is 12.1. The minimum atomic E-state index is -4.13. The molecule has 5 nitrogen and oxygen atoms in total. The lowest BCUT2D eigenvalue weighted by molar-refractivity contribution is -0.132. The van der Waals surface area contributed by atoms with Crippen molar-refractivity contribution in [2.45, 2.75) is 32.4 Å². The Morgan fingerprint density at radius 1 is 1.00 bits per heavy atom. The van der Waals surface area contributed by atoms with Crippen molar-refractivity contribution >= 4 is 5.96 Å². The quantitative estimate of drug-likeness (QED) is 0.400. The van der Waals surface area contributed by atoms with Gasteiger partial charge in [-0.15, -0.1) is 0 Å². The van der Waals surface area contributed by atoms with Gasteiger partial charge in [-0.05, 0) is 25.9 Å². The summed E-state index contributed by atoms with van der Waals surface area (Å²) in [7, 11) is 1.57. The lowest BCUT2D eigenvalue weighted by atomic mass is 10.2. The molecular weight excluding hydrogens is 307 g/mol. The molecule has 0 unspecified atom stereocenters. The number of nitrogens with zero attached hydrogens (tertiary/aromatic N) is 3.